The van der Waals surface area contributed by atoms with Gasteiger partial charge in [0, 0.05) is 6.20 Å². The molecule has 0 aliphatic carbocycles. The van der Waals surface area contributed by atoms with Gasteiger partial charge in [-0.25, -0.2) is 18.4 Å². The van der Waals surface area contributed by atoms with Crippen molar-refractivity contribution in [3.05, 3.63) is 53.5 Å². The Balaban J connectivity index is 1.99. The van der Waals surface area contributed by atoms with Crippen LogP contribution in [0.5, 0.6) is 0 Å². The highest BCUT2D eigenvalue weighted by atomic mass is 32.2. The predicted molar refractivity (Wildman–Crippen MR) is 80.7 cm³/mol. The summed E-state index contributed by atoms with van der Waals surface area (Å²) < 4.78 is 24.6. The molecule has 2 heterocycles. The van der Waals surface area contributed by atoms with E-state index >= 15 is 0 Å². The fourth-order valence-electron chi connectivity index (χ4n) is 2.18. The minimum absolute atomic E-state index is 0.0674. The molecule has 0 amide bonds. The van der Waals surface area contributed by atoms with Gasteiger partial charge in [0.15, 0.2) is 5.03 Å². The Morgan fingerprint density at radius 2 is 1.90 bits per heavy atom. The molecule has 2 aromatic heterocycles. The normalized spacial score (nSPS) is 11.9. The molecule has 0 radical (unpaired) electrons. The van der Waals surface area contributed by atoms with Crippen LogP contribution in [0.4, 0.5) is 0 Å². The first-order chi connectivity index (χ1) is 9.95. The number of benzene rings is 1. The van der Waals surface area contributed by atoms with Crippen LogP contribution < -0.4 is 0 Å². The third kappa shape index (κ3) is 2.67. The predicted octanol–water partition coefficient (Wildman–Crippen LogP) is 2.55. The van der Waals surface area contributed by atoms with E-state index in [4.69, 9.17) is 0 Å². The number of aromatic nitrogens is 3. The number of H-pyrrole nitrogens is 1. The van der Waals surface area contributed by atoms with E-state index in [9.17, 15) is 8.42 Å². The average molecular weight is 301 g/mol. The summed E-state index contributed by atoms with van der Waals surface area (Å²) in [6.07, 6.45) is 1.47. The van der Waals surface area contributed by atoms with Crippen molar-refractivity contribution in [2.45, 2.75) is 24.6 Å². The van der Waals surface area contributed by atoms with E-state index in [1.807, 2.05) is 26.0 Å². The molecule has 0 spiro atoms. The molecular formula is C15H15N3O2S. The van der Waals surface area contributed by atoms with Gasteiger partial charge in [-0.05, 0) is 49.2 Å². The maximum atomic E-state index is 12.3. The van der Waals surface area contributed by atoms with Gasteiger partial charge >= 0.3 is 0 Å². The van der Waals surface area contributed by atoms with Crippen molar-refractivity contribution in [1.29, 1.82) is 0 Å². The number of imidazole rings is 1. The topological polar surface area (TPSA) is 75.7 Å². The highest BCUT2D eigenvalue weighted by Gasteiger charge is 2.18. The van der Waals surface area contributed by atoms with E-state index in [-0.39, 0.29) is 10.8 Å². The summed E-state index contributed by atoms with van der Waals surface area (Å²) in [5, 5.41) is 0.0674. The lowest BCUT2D eigenvalue weighted by molar-refractivity contribution is 0.590. The second kappa shape index (κ2) is 4.96. The summed E-state index contributed by atoms with van der Waals surface area (Å²) in [7, 11) is -3.49. The summed E-state index contributed by atoms with van der Waals surface area (Å²) in [5.41, 5.74) is 3.91. The molecule has 0 aliphatic rings. The fraction of sp³-hybridized carbons (Fsp3) is 0.200. The van der Waals surface area contributed by atoms with Crippen molar-refractivity contribution >= 4 is 20.9 Å². The number of hydrogen-bond donors (Lipinski definition) is 1. The minimum Gasteiger partial charge on any atom is -0.341 e. The zero-order valence-corrected chi connectivity index (χ0v) is 12.6. The average Bonchev–Trinajstić information content (AvgIpc) is 2.81. The van der Waals surface area contributed by atoms with Gasteiger partial charge in [0.05, 0.1) is 11.0 Å². The molecule has 3 aromatic rings. The zero-order valence-electron chi connectivity index (χ0n) is 11.8. The lowest BCUT2D eigenvalue weighted by Gasteiger charge is -2.00. The molecule has 6 heteroatoms. The summed E-state index contributed by atoms with van der Waals surface area (Å²) in [6, 6.07) is 8.77. The van der Waals surface area contributed by atoms with E-state index in [0.717, 1.165) is 22.2 Å². The van der Waals surface area contributed by atoms with Gasteiger partial charge in [-0.1, -0.05) is 6.07 Å². The summed E-state index contributed by atoms with van der Waals surface area (Å²) in [4.78, 5) is 11.3. The summed E-state index contributed by atoms with van der Waals surface area (Å²) >= 11 is 0. The summed E-state index contributed by atoms with van der Waals surface area (Å²) in [5.74, 6) is 0.247. The Morgan fingerprint density at radius 1 is 1.14 bits per heavy atom. The van der Waals surface area contributed by atoms with E-state index < -0.39 is 9.84 Å². The van der Waals surface area contributed by atoms with E-state index in [1.54, 1.807) is 12.1 Å². The number of rotatable bonds is 3. The number of aromatic amines is 1. The van der Waals surface area contributed by atoms with Gasteiger partial charge in [-0.3, -0.25) is 0 Å². The molecule has 0 atom stereocenters. The number of nitrogens with zero attached hydrogens (tertiary/aromatic N) is 2. The van der Waals surface area contributed by atoms with Crippen molar-refractivity contribution in [3.8, 4) is 0 Å². The van der Waals surface area contributed by atoms with E-state index in [2.05, 4.69) is 15.0 Å². The lowest BCUT2D eigenvalue weighted by Crippen LogP contribution is -2.07. The molecule has 0 bridgehead atoms. The van der Waals surface area contributed by atoms with E-state index in [1.165, 1.54) is 12.3 Å². The van der Waals surface area contributed by atoms with Crippen molar-refractivity contribution in [2.75, 3.05) is 0 Å². The van der Waals surface area contributed by atoms with E-state index in [0.29, 0.717) is 5.82 Å². The molecule has 1 N–H and O–H groups in total. The lowest BCUT2D eigenvalue weighted by atomic mass is 10.1. The quantitative estimate of drug-likeness (QED) is 0.806. The van der Waals surface area contributed by atoms with Gasteiger partial charge in [0.1, 0.15) is 11.6 Å². The number of sulfone groups is 1. The molecule has 1 aromatic carbocycles. The van der Waals surface area contributed by atoms with Crippen LogP contribution in [0.1, 0.15) is 17.0 Å². The molecule has 5 nitrogen and oxygen atoms in total. The number of pyridine rings is 1. The SMILES string of the molecule is Cc1cc2nc(CS(=O)(=O)c3ccccn3)[nH]c2cc1C. The first kappa shape index (κ1) is 13.8. The van der Waals surface area contributed by atoms with Gasteiger partial charge in [0.25, 0.3) is 0 Å². The molecular weight excluding hydrogens is 286 g/mol. The Bertz CT molecular complexity index is 860. The van der Waals surface area contributed by atoms with Crippen LogP contribution in [0.15, 0.2) is 41.6 Å². The highest BCUT2D eigenvalue weighted by molar-refractivity contribution is 7.90. The Kier molecular flexibility index (Phi) is 3.25. The highest BCUT2D eigenvalue weighted by Crippen LogP contribution is 2.19. The van der Waals surface area contributed by atoms with Crippen LogP contribution in [0.3, 0.4) is 0 Å². The van der Waals surface area contributed by atoms with Crippen LogP contribution in [0, 0.1) is 13.8 Å². The number of nitrogens with one attached hydrogen (secondary N) is 1. The molecule has 3 rings (SSSR count). The number of hydrogen-bond acceptors (Lipinski definition) is 4. The molecule has 0 fully saturated rings. The monoisotopic (exact) mass is 301 g/mol. The van der Waals surface area contributed by atoms with Crippen LogP contribution in [0.25, 0.3) is 11.0 Å². The second-order valence-electron chi connectivity index (χ2n) is 5.06. The Hall–Kier alpha value is -2.21. The third-order valence-electron chi connectivity index (χ3n) is 3.43. The standard InChI is InChI=1S/C15H15N3O2S/c1-10-7-12-13(8-11(10)2)18-14(17-12)9-21(19,20)15-5-3-4-6-16-15/h3-8H,9H2,1-2H3,(H,17,18). The molecule has 0 unspecified atom stereocenters. The molecule has 0 aliphatic heterocycles. The smallest absolute Gasteiger partial charge is 0.202 e. The van der Waals surface area contributed by atoms with Gasteiger partial charge in [0.2, 0.25) is 9.84 Å². The van der Waals surface area contributed by atoms with Crippen molar-refractivity contribution in [1.82, 2.24) is 15.0 Å². The van der Waals surface area contributed by atoms with Crippen LogP contribution in [0.2, 0.25) is 0 Å². The maximum absolute atomic E-state index is 12.3. The first-order valence-electron chi connectivity index (χ1n) is 6.55. The molecule has 108 valence electrons. The maximum Gasteiger partial charge on any atom is 0.202 e. The molecule has 0 saturated heterocycles. The van der Waals surface area contributed by atoms with Crippen LogP contribution in [-0.2, 0) is 15.6 Å². The van der Waals surface area contributed by atoms with Gasteiger partial charge < -0.3 is 4.98 Å². The fourth-order valence-corrected chi connectivity index (χ4v) is 3.33. The first-order valence-corrected chi connectivity index (χ1v) is 8.20. The van der Waals surface area contributed by atoms with Crippen molar-refractivity contribution < 1.29 is 8.42 Å². The Labute approximate surface area is 123 Å². The van der Waals surface area contributed by atoms with Crippen LogP contribution in [-0.4, -0.2) is 23.4 Å². The summed E-state index contributed by atoms with van der Waals surface area (Å²) in [6.45, 7) is 4.02. The van der Waals surface area contributed by atoms with Gasteiger partial charge in [-0.2, -0.15) is 0 Å². The second-order valence-corrected chi connectivity index (χ2v) is 7.00. The largest absolute Gasteiger partial charge is 0.341 e. The van der Waals surface area contributed by atoms with Crippen molar-refractivity contribution in [2.24, 2.45) is 0 Å². The Morgan fingerprint density at radius 3 is 2.62 bits per heavy atom. The van der Waals surface area contributed by atoms with Gasteiger partial charge in [-0.15, -0.1) is 0 Å². The third-order valence-corrected chi connectivity index (χ3v) is 4.96. The number of aryl methyl sites for hydroxylation is 2. The van der Waals surface area contributed by atoms with Crippen molar-refractivity contribution in [3.63, 3.8) is 0 Å². The van der Waals surface area contributed by atoms with Crippen LogP contribution >= 0.6 is 0 Å². The molecule has 0 saturated carbocycles. The number of fused-ring (bicyclic) bond motifs is 1. The minimum atomic E-state index is -3.49. The zero-order chi connectivity index (χ0) is 15.0. The molecule has 21 heavy (non-hydrogen) atoms.